The lowest BCUT2D eigenvalue weighted by atomic mass is 9.97. The molecule has 3 N–H and O–H groups in total. The van der Waals surface area contributed by atoms with Gasteiger partial charge in [0.15, 0.2) is 0 Å². The molecule has 0 saturated carbocycles. The topological polar surface area (TPSA) is 101 Å². The molecule has 1 fully saturated rings. The van der Waals surface area contributed by atoms with Crippen LogP contribution in [0.3, 0.4) is 0 Å². The number of aromatic nitrogens is 1. The molecule has 1 unspecified atom stereocenters. The molecule has 7 nitrogen and oxygen atoms in total. The SMILES string of the molecule is CCc1noc(NC(=O)C2CCCN(CC(N)=O)C2)c1C. The Balaban J connectivity index is 1.96. The van der Waals surface area contributed by atoms with Gasteiger partial charge in [0, 0.05) is 12.1 Å². The maximum absolute atomic E-state index is 12.3. The minimum atomic E-state index is -0.366. The third kappa shape index (κ3) is 3.81. The third-order valence-electron chi connectivity index (χ3n) is 3.85. The van der Waals surface area contributed by atoms with E-state index in [9.17, 15) is 9.59 Å². The quantitative estimate of drug-likeness (QED) is 0.831. The van der Waals surface area contributed by atoms with E-state index >= 15 is 0 Å². The summed E-state index contributed by atoms with van der Waals surface area (Å²) in [5, 5.41) is 6.72. The molecule has 0 bridgehead atoms. The van der Waals surface area contributed by atoms with Gasteiger partial charge in [-0.25, -0.2) is 0 Å². The molecule has 7 heteroatoms. The van der Waals surface area contributed by atoms with Crippen molar-refractivity contribution in [3.05, 3.63) is 11.3 Å². The van der Waals surface area contributed by atoms with Crippen molar-refractivity contribution in [3.63, 3.8) is 0 Å². The van der Waals surface area contributed by atoms with Crippen molar-refractivity contribution in [1.29, 1.82) is 0 Å². The normalized spacial score (nSPS) is 19.4. The van der Waals surface area contributed by atoms with Crippen LogP contribution in [-0.4, -0.2) is 41.5 Å². The largest absolute Gasteiger partial charge is 0.369 e. The molecule has 2 heterocycles. The highest BCUT2D eigenvalue weighted by atomic mass is 16.5. The summed E-state index contributed by atoms with van der Waals surface area (Å²) in [5.74, 6) is -0.197. The number of rotatable bonds is 5. The number of primary amides is 1. The lowest BCUT2D eigenvalue weighted by molar-refractivity contribution is -0.124. The second kappa shape index (κ2) is 6.71. The fourth-order valence-electron chi connectivity index (χ4n) is 2.66. The summed E-state index contributed by atoms with van der Waals surface area (Å²) >= 11 is 0. The van der Waals surface area contributed by atoms with Crippen LogP contribution in [0.25, 0.3) is 0 Å². The second-order valence-electron chi connectivity index (χ2n) is 5.47. The van der Waals surface area contributed by atoms with Crippen molar-refractivity contribution in [1.82, 2.24) is 10.1 Å². The van der Waals surface area contributed by atoms with Crippen LogP contribution < -0.4 is 11.1 Å². The molecule has 1 aliphatic rings. The molecule has 1 aliphatic heterocycles. The van der Waals surface area contributed by atoms with Gasteiger partial charge in [0.25, 0.3) is 0 Å². The van der Waals surface area contributed by atoms with Gasteiger partial charge in [-0.05, 0) is 32.7 Å². The lowest BCUT2D eigenvalue weighted by Crippen LogP contribution is -2.44. The van der Waals surface area contributed by atoms with Gasteiger partial charge < -0.3 is 10.3 Å². The summed E-state index contributed by atoms with van der Waals surface area (Å²) in [7, 11) is 0. The first-order valence-electron chi connectivity index (χ1n) is 7.28. The number of hydrogen-bond donors (Lipinski definition) is 2. The molecule has 2 rings (SSSR count). The van der Waals surface area contributed by atoms with Gasteiger partial charge in [-0.2, -0.15) is 0 Å². The molecule has 21 heavy (non-hydrogen) atoms. The third-order valence-corrected chi connectivity index (χ3v) is 3.85. The van der Waals surface area contributed by atoms with Gasteiger partial charge in [0.2, 0.25) is 17.7 Å². The monoisotopic (exact) mass is 294 g/mol. The predicted octanol–water partition coefficient (Wildman–Crippen LogP) is 0.681. The molecule has 0 aliphatic carbocycles. The van der Waals surface area contributed by atoms with Crippen LogP contribution in [0.15, 0.2) is 4.52 Å². The highest BCUT2D eigenvalue weighted by molar-refractivity contribution is 5.92. The Hall–Kier alpha value is -1.89. The Labute approximate surface area is 123 Å². The summed E-state index contributed by atoms with van der Waals surface area (Å²) in [4.78, 5) is 25.2. The predicted molar refractivity (Wildman–Crippen MR) is 77.6 cm³/mol. The average molecular weight is 294 g/mol. The molecular formula is C14H22N4O3. The summed E-state index contributed by atoms with van der Waals surface area (Å²) in [6.45, 7) is 5.41. The number of nitrogens with two attached hydrogens (primary N) is 1. The fourth-order valence-corrected chi connectivity index (χ4v) is 2.66. The molecule has 1 aromatic heterocycles. The van der Waals surface area contributed by atoms with Crippen molar-refractivity contribution < 1.29 is 14.1 Å². The second-order valence-corrected chi connectivity index (χ2v) is 5.47. The molecule has 2 amide bonds. The number of nitrogens with one attached hydrogen (secondary N) is 1. The van der Waals surface area contributed by atoms with Gasteiger partial charge in [-0.3, -0.25) is 19.8 Å². The van der Waals surface area contributed by atoms with Crippen molar-refractivity contribution in [3.8, 4) is 0 Å². The van der Waals surface area contributed by atoms with Crippen LogP contribution >= 0.6 is 0 Å². The van der Waals surface area contributed by atoms with Gasteiger partial charge in [0.1, 0.15) is 0 Å². The summed E-state index contributed by atoms with van der Waals surface area (Å²) in [6, 6.07) is 0. The average Bonchev–Trinajstić information content (AvgIpc) is 2.79. The van der Waals surface area contributed by atoms with Gasteiger partial charge in [-0.15, -0.1) is 0 Å². The Morgan fingerprint density at radius 3 is 2.90 bits per heavy atom. The number of amides is 2. The van der Waals surface area contributed by atoms with Crippen LogP contribution in [0.2, 0.25) is 0 Å². The number of piperidine rings is 1. The Morgan fingerprint density at radius 1 is 1.52 bits per heavy atom. The minimum Gasteiger partial charge on any atom is -0.369 e. The first-order chi connectivity index (χ1) is 10.0. The van der Waals surface area contributed by atoms with E-state index in [1.54, 1.807) is 0 Å². The summed E-state index contributed by atoms with van der Waals surface area (Å²) in [5.41, 5.74) is 6.92. The van der Waals surface area contributed by atoms with E-state index in [4.69, 9.17) is 10.3 Å². The molecular weight excluding hydrogens is 272 g/mol. The Morgan fingerprint density at radius 2 is 2.29 bits per heavy atom. The zero-order valence-corrected chi connectivity index (χ0v) is 12.5. The van der Waals surface area contributed by atoms with Crippen LogP contribution in [-0.2, 0) is 16.0 Å². The Bertz CT molecular complexity index is 526. The van der Waals surface area contributed by atoms with Crippen LogP contribution in [0.5, 0.6) is 0 Å². The van der Waals surface area contributed by atoms with E-state index in [0.717, 1.165) is 37.1 Å². The number of aryl methyl sites for hydroxylation is 1. The summed E-state index contributed by atoms with van der Waals surface area (Å²) < 4.78 is 5.17. The number of carbonyl (C=O) groups excluding carboxylic acids is 2. The first kappa shape index (κ1) is 15.5. The van der Waals surface area contributed by atoms with E-state index in [0.29, 0.717) is 12.4 Å². The van der Waals surface area contributed by atoms with E-state index in [1.807, 2.05) is 18.7 Å². The van der Waals surface area contributed by atoms with Crippen molar-refractivity contribution in [2.24, 2.45) is 11.7 Å². The van der Waals surface area contributed by atoms with Gasteiger partial charge >= 0.3 is 0 Å². The molecule has 0 spiro atoms. The van der Waals surface area contributed by atoms with Crippen molar-refractivity contribution in [2.45, 2.75) is 33.1 Å². The number of anilines is 1. The highest BCUT2D eigenvalue weighted by Gasteiger charge is 2.27. The molecule has 1 saturated heterocycles. The van der Waals surface area contributed by atoms with E-state index in [-0.39, 0.29) is 24.3 Å². The van der Waals surface area contributed by atoms with E-state index in [1.165, 1.54) is 0 Å². The standard InChI is InChI=1S/C14H22N4O3/c1-3-11-9(2)14(21-17-11)16-13(20)10-5-4-6-18(7-10)8-12(15)19/h10H,3-8H2,1-2H3,(H2,15,19)(H,16,20). The van der Waals surface area contributed by atoms with Crippen molar-refractivity contribution in [2.75, 3.05) is 25.0 Å². The minimum absolute atomic E-state index is 0.0916. The smallest absolute Gasteiger partial charge is 0.234 e. The lowest BCUT2D eigenvalue weighted by Gasteiger charge is -2.30. The molecule has 0 radical (unpaired) electrons. The fraction of sp³-hybridized carbons (Fsp3) is 0.643. The van der Waals surface area contributed by atoms with Gasteiger partial charge in [0.05, 0.1) is 18.2 Å². The maximum Gasteiger partial charge on any atom is 0.234 e. The number of hydrogen-bond acceptors (Lipinski definition) is 5. The van der Waals surface area contributed by atoms with E-state index < -0.39 is 0 Å². The maximum atomic E-state index is 12.3. The van der Waals surface area contributed by atoms with Crippen LogP contribution in [0.4, 0.5) is 5.88 Å². The number of carbonyl (C=O) groups is 2. The first-order valence-corrected chi connectivity index (χ1v) is 7.28. The van der Waals surface area contributed by atoms with Crippen LogP contribution in [0.1, 0.15) is 31.0 Å². The highest BCUT2D eigenvalue weighted by Crippen LogP contribution is 2.22. The molecule has 116 valence electrons. The van der Waals surface area contributed by atoms with E-state index in [2.05, 4.69) is 10.5 Å². The zero-order valence-electron chi connectivity index (χ0n) is 12.5. The van der Waals surface area contributed by atoms with Gasteiger partial charge in [-0.1, -0.05) is 12.1 Å². The number of likely N-dealkylation sites (tertiary alicyclic amines) is 1. The van der Waals surface area contributed by atoms with Crippen molar-refractivity contribution >= 4 is 17.7 Å². The number of nitrogens with zero attached hydrogens (tertiary/aromatic N) is 2. The molecule has 1 atom stereocenters. The molecule has 0 aromatic carbocycles. The Kier molecular flexibility index (Phi) is 4.95. The summed E-state index contributed by atoms with van der Waals surface area (Å²) in [6.07, 6.45) is 2.44. The zero-order chi connectivity index (χ0) is 15.4. The molecule has 1 aromatic rings. The van der Waals surface area contributed by atoms with Crippen LogP contribution in [0, 0.1) is 12.8 Å².